The fraction of sp³-hybridized carbons (Fsp3) is 0.200. The Labute approximate surface area is 110 Å². The van der Waals surface area contributed by atoms with Crippen molar-refractivity contribution in [3.63, 3.8) is 0 Å². The van der Waals surface area contributed by atoms with Gasteiger partial charge in [-0.15, -0.1) is 0 Å². The number of hydrogen-bond acceptors (Lipinski definition) is 1. The average Bonchev–Trinajstić information content (AvgIpc) is 2.38. The van der Waals surface area contributed by atoms with Crippen molar-refractivity contribution >= 4 is 0 Å². The molecule has 0 saturated carbocycles. The molecular weight excluding hydrogens is 251 g/mol. The summed E-state index contributed by atoms with van der Waals surface area (Å²) < 4.78 is 39.9. The highest BCUT2D eigenvalue weighted by atomic mass is 19.1. The van der Waals surface area contributed by atoms with Crippen molar-refractivity contribution in [1.82, 2.24) is 5.32 Å². The van der Waals surface area contributed by atoms with Gasteiger partial charge in [0.1, 0.15) is 17.5 Å². The van der Waals surface area contributed by atoms with Crippen LogP contribution >= 0.6 is 0 Å². The van der Waals surface area contributed by atoms with E-state index in [0.29, 0.717) is 0 Å². The number of nitrogens with one attached hydrogen (secondary N) is 1. The van der Waals surface area contributed by atoms with Crippen LogP contribution in [0.2, 0.25) is 0 Å². The molecule has 1 nitrogen and oxygen atoms in total. The number of hydrogen-bond donors (Lipinski definition) is 1. The Hall–Kier alpha value is -1.81. The predicted octanol–water partition coefficient (Wildman–Crippen LogP) is 3.95. The zero-order valence-electron chi connectivity index (χ0n) is 10.5. The van der Waals surface area contributed by atoms with Crippen LogP contribution in [0.5, 0.6) is 0 Å². The molecule has 0 unspecified atom stereocenters. The summed E-state index contributed by atoms with van der Waals surface area (Å²) >= 11 is 0. The molecule has 1 N–H and O–H groups in total. The predicted molar refractivity (Wildman–Crippen MR) is 68.0 cm³/mol. The van der Waals surface area contributed by atoms with E-state index in [0.717, 1.165) is 5.56 Å². The fourth-order valence-corrected chi connectivity index (χ4v) is 1.85. The maximum Gasteiger partial charge on any atom is 0.130 e. The monoisotopic (exact) mass is 265 g/mol. The highest BCUT2D eigenvalue weighted by molar-refractivity contribution is 5.22. The molecule has 2 aromatic rings. The topological polar surface area (TPSA) is 12.0 Å². The summed E-state index contributed by atoms with van der Waals surface area (Å²) in [5.41, 5.74) is 0.725. The van der Waals surface area contributed by atoms with Crippen molar-refractivity contribution in [2.75, 3.05) is 0 Å². The standard InChI is InChI=1S/C15H14F3N/c1-10(11-4-2-5-12(16)8-11)19-9-13-14(17)6-3-7-15(13)18/h2-8,10,19H,9H2,1H3/t10-/m0/s1. The number of halogens is 3. The Morgan fingerprint density at radius 2 is 1.63 bits per heavy atom. The quantitative estimate of drug-likeness (QED) is 0.882. The summed E-state index contributed by atoms with van der Waals surface area (Å²) in [4.78, 5) is 0. The Bertz CT molecular complexity index is 549. The van der Waals surface area contributed by atoms with E-state index < -0.39 is 11.6 Å². The lowest BCUT2D eigenvalue weighted by molar-refractivity contribution is 0.507. The second-order valence-corrected chi connectivity index (χ2v) is 4.36. The molecule has 0 saturated heterocycles. The maximum absolute atomic E-state index is 13.4. The van der Waals surface area contributed by atoms with Gasteiger partial charge in [0, 0.05) is 18.2 Å². The van der Waals surface area contributed by atoms with Crippen molar-refractivity contribution in [3.8, 4) is 0 Å². The summed E-state index contributed by atoms with van der Waals surface area (Å²) in [7, 11) is 0. The van der Waals surface area contributed by atoms with Crippen LogP contribution in [0, 0.1) is 17.5 Å². The van der Waals surface area contributed by atoms with Crippen LogP contribution in [0.25, 0.3) is 0 Å². The van der Waals surface area contributed by atoms with Crippen LogP contribution in [-0.4, -0.2) is 0 Å². The van der Waals surface area contributed by atoms with E-state index in [4.69, 9.17) is 0 Å². The Kier molecular flexibility index (Phi) is 4.22. The van der Waals surface area contributed by atoms with Gasteiger partial charge in [0.2, 0.25) is 0 Å². The lowest BCUT2D eigenvalue weighted by Gasteiger charge is -2.15. The highest BCUT2D eigenvalue weighted by Gasteiger charge is 2.11. The molecule has 0 aliphatic heterocycles. The van der Waals surface area contributed by atoms with Gasteiger partial charge in [0.15, 0.2) is 0 Å². The molecule has 2 rings (SSSR count). The molecule has 0 amide bonds. The molecule has 2 aromatic carbocycles. The number of benzene rings is 2. The van der Waals surface area contributed by atoms with Gasteiger partial charge in [-0.1, -0.05) is 18.2 Å². The van der Waals surface area contributed by atoms with E-state index in [-0.39, 0.29) is 24.0 Å². The first-order chi connectivity index (χ1) is 9.08. The van der Waals surface area contributed by atoms with Crippen LogP contribution < -0.4 is 5.32 Å². The minimum atomic E-state index is -0.584. The minimum absolute atomic E-state index is 0.00856. The lowest BCUT2D eigenvalue weighted by atomic mass is 10.1. The summed E-state index contributed by atoms with van der Waals surface area (Å²) in [5, 5.41) is 2.98. The fourth-order valence-electron chi connectivity index (χ4n) is 1.85. The number of rotatable bonds is 4. The average molecular weight is 265 g/mol. The van der Waals surface area contributed by atoms with Crippen molar-refractivity contribution in [3.05, 3.63) is 71.0 Å². The van der Waals surface area contributed by atoms with Crippen molar-refractivity contribution in [1.29, 1.82) is 0 Å². The zero-order valence-corrected chi connectivity index (χ0v) is 10.5. The second kappa shape index (κ2) is 5.89. The van der Waals surface area contributed by atoms with Gasteiger partial charge in [-0.25, -0.2) is 13.2 Å². The van der Waals surface area contributed by atoms with Gasteiger partial charge >= 0.3 is 0 Å². The van der Waals surface area contributed by atoms with Gasteiger partial charge in [0.25, 0.3) is 0 Å². The third-order valence-corrected chi connectivity index (χ3v) is 3.00. The smallest absolute Gasteiger partial charge is 0.130 e. The molecule has 0 bridgehead atoms. The minimum Gasteiger partial charge on any atom is -0.306 e. The van der Waals surface area contributed by atoms with Gasteiger partial charge in [0.05, 0.1) is 0 Å². The molecule has 0 aliphatic carbocycles. The third-order valence-electron chi connectivity index (χ3n) is 3.00. The zero-order chi connectivity index (χ0) is 13.8. The largest absolute Gasteiger partial charge is 0.306 e. The van der Waals surface area contributed by atoms with E-state index in [1.165, 1.54) is 30.3 Å². The SMILES string of the molecule is C[C@H](NCc1c(F)cccc1F)c1cccc(F)c1. The molecular formula is C15H14F3N. The molecule has 0 aliphatic rings. The van der Waals surface area contributed by atoms with E-state index in [2.05, 4.69) is 5.32 Å². The molecule has 100 valence electrons. The van der Waals surface area contributed by atoms with Crippen molar-refractivity contribution in [2.45, 2.75) is 19.5 Å². The summed E-state index contributed by atoms with van der Waals surface area (Å²) in [6.45, 7) is 1.86. The Morgan fingerprint density at radius 1 is 1.00 bits per heavy atom. The van der Waals surface area contributed by atoms with Crippen molar-refractivity contribution < 1.29 is 13.2 Å². The molecule has 19 heavy (non-hydrogen) atoms. The van der Waals surface area contributed by atoms with Crippen LogP contribution in [0.1, 0.15) is 24.1 Å². The highest BCUT2D eigenvalue weighted by Crippen LogP contribution is 2.16. The van der Waals surface area contributed by atoms with Gasteiger partial charge in [-0.2, -0.15) is 0 Å². The first kappa shape index (κ1) is 13.6. The molecule has 0 heterocycles. The van der Waals surface area contributed by atoms with Crippen molar-refractivity contribution in [2.24, 2.45) is 0 Å². The molecule has 0 spiro atoms. The molecule has 0 aromatic heterocycles. The van der Waals surface area contributed by atoms with E-state index in [1.54, 1.807) is 12.1 Å². The molecule has 1 atom stereocenters. The first-order valence-corrected chi connectivity index (χ1v) is 5.99. The maximum atomic E-state index is 13.4. The second-order valence-electron chi connectivity index (χ2n) is 4.36. The first-order valence-electron chi connectivity index (χ1n) is 5.99. The van der Waals surface area contributed by atoms with Gasteiger partial charge in [-0.3, -0.25) is 0 Å². The van der Waals surface area contributed by atoms with E-state index >= 15 is 0 Å². The molecule has 4 heteroatoms. The summed E-state index contributed by atoms with van der Waals surface area (Å²) in [6, 6.07) is 9.67. The van der Waals surface area contributed by atoms with Crippen LogP contribution in [0.15, 0.2) is 42.5 Å². The van der Waals surface area contributed by atoms with E-state index in [1.807, 2.05) is 6.92 Å². The van der Waals surface area contributed by atoms with Crippen LogP contribution in [-0.2, 0) is 6.54 Å². The lowest BCUT2D eigenvalue weighted by Crippen LogP contribution is -2.19. The normalized spacial score (nSPS) is 12.4. The van der Waals surface area contributed by atoms with E-state index in [9.17, 15) is 13.2 Å². The Balaban J connectivity index is 2.06. The Morgan fingerprint density at radius 3 is 2.26 bits per heavy atom. The van der Waals surface area contributed by atoms with Crippen LogP contribution in [0.4, 0.5) is 13.2 Å². The van der Waals surface area contributed by atoms with Gasteiger partial charge in [-0.05, 0) is 36.8 Å². The summed E-state index contributed by atoms with van der Waals surface area (Å²) in [6.07, 6.45) is 0. The third kappa shape index (κ3) is 3.35. The molecule has 0 radical (unpaired) electrons. The summed E-state index contributed by atoms with van der Waals surface area (Å²) in [5.74, 6) is -1.50. The van der Waals surface area contributed by atoms with Gasteiger partial charge < -0.3 is 5.32 Å². The van der Waals surface area contributed by atoms with Crippen LogP contribution in [0.3, 0.4) is 0 Å². The molecule has 0 fully saturated rings.